The molecule has 128 valence electrons. The number of carbonyl (C=O) groups excluding carboxylic acids is 3. The lowest BCUT2D eigenvalue weighted by molar-refractivity contribution is -0.131. The molecule has 0 aliphatic rings. The van der Waals surface area contributed by atoms with E-state index in [2.05, 4.69) is 6.58 Å². The summed E-state index contributed by atoms with van der Waals surface area (Å²) in [5, 5.41) is 0. The molecule has 3 heteroatoms. The van der Waals surface area contributed by atoms with Gasteiger partial charge >= 0.3 is 0 Å². The highest BCUT2D eigenvalue weighted by Gasteiger charge is 2.30. The maximum Gasteiger partial charge on any atom is 0.166 e. The van der Waals surface area contributed by atoms with Gasteiger partial charge in [-0.2, -0.15) is 0 Å². The second kappa shape index (κ2) is 9.76. The van der Waals surface area contributed by atoms with Crippen LogP contribution in [0.3, 0.4) is 0 Å². The summed E-state index contributed by atoms with van der Waals surface area (Å²) in [5.41, 5.74) is 0.965. The molecule has 1 aromatic rings. The summed E-state index contributed by atoms with van der Waals surface area (Å²) in [6, 6.07) is 9.61. The molecule has 0 aliphatic carbocycles. The van der Waals surface area contributed by atoms with Gasteiger partial charge in [-0.3, -0.25) is 14.4 Å². The summed E-state index contributed by atoms with van der Waals surface area (Å²) in [5.74, 6) is -1.54. The molecule has 0 bridgehead atoms. The van der Waals surface area contributed by atoms with Crippen molar-refractivity contribution in [3.8, 4) is 0 Å². The normalized spacial score (nSPS) is 13.7. The summed E-state index contributed by atoms with van der Waals surface area (Å²) in [7, 11) is 0. The molecule has 2 unspecified atom stereocenters. The molecule has 0 heterocycles. The predicted molar refractivity (Wildman–Crippen MR) is 97.4 cm³/mol. The van der Waals surface area contributed by atoms with Gasteiger partial charge in [0.15, 0.2) is 5.78 Å². The Morgan fingerprint density at radius 3 is 2.21 bits per heavy atom. The fraction of sp³-hybridized carbons (Fsp3) is 0.381. The zero-order valence-corrected chi connectivity index (χ0v) is 14.7. The van der Waals surface area contributed by atoms with Gasteiger partial charge in [0, 0.05) is 18.8 Å². The first-order valence-corrected chi connectivity index (χ1v) is 8.26. The highest BCUT2D eigenvalue weighted by molar-refractivity contribution is 6.07. The molecule has 24 heavy (non-hydrogen) atoms. The number of Topliss-reactive ketones (excluding diaryl/α,β-unsaturated/α-hetero) is 2. The fourth-order valence-corrected chi connectivity index (χ4v) is 2.74. The van der Waals surface area contributed by atoms with Crippen molar-refractivity contribution in [2.24, 2.45) is 17.8 Å². The molecule has 0 spiro atoms. The van der Waals surface area contributed by atoms with Gasteiger partial charge in [-0.05, 0) is 24.5 Å². The minimum atomic E-state index is -0.849. The third-order valence-corrected chi connectivity index (χ3v) is 3.81. The third kappa shape index (κ3) is 6.45. The van der Waals surface area contributed by atoms with Crippen molar-refractivity contribution in [2.45, 2.75) is 33.6 Å². The average molecular weight is 326 g/mol. The molecule has 1 aromatic carbocycles. The molecule has 0 amide bonds. The number of rotatable bonds is 10. The Balaban J connectivity index is 3.07. The second-order valence-electron chi connectivity index (χ2n) is 6.47. The Morgan fingerprint density at radius 1 is 1.08 bits per heavy atom. The van der Waals surface area contributed by atoms with Crippen LogP contribution in [0.25, 0.3) is 6.08 Å². The molecule has 0 aromatic heterocycles. The Bertz CT molecular complexity index is 611. The standard InChI is InChI=1S/C21H26O3/c1-5-20(24)21(16(4)22)18(14-19(23)13-15(2)3)12-11-17-9-7-6-8-10-17/h5-12,15,18,21H,1,13-14H2,2-4H3/b12-11+. The van der Waals surface area contributed by atoms with E-state index in [0.29, 0.717) is 6.42 Å². The number of hydrogen-bond acceptors (Lipinski definition) is 3. The van der Waals surface area contributed by atoms with E-state index in [4.69, 9.17) is 0 Å². The van der Waals surface area contributed by atoms with E-state index >= 15 is 0 Å². The second-order valence-corrected chi connectivity index (χ2v) is 6.47. The van der Waals surface area contributed by atoms with E-state index in [1.165, 1.54) is 13.0 Å². The van der Waals surface area contributed by atoms with Gasteiger partial charge in [0.05, 0.1) is 5.92 Å². The summed E-state index contributed by atoms with van der Waals surface area (Å²) in [6.07, 6.45) is 5.47. The van der Waals surface area contributed by atoms with Crippen LogP contribution in [0.4, 0.5) is 0 Å². The molecule has 1 rings (SSSR count). The average Bonchev–Trinajstić information content (AvgIpc) is 2.52. The SMILES string of the molecule is C=CC(=O)C(C(C)=O)C(/C=C/c1ccccc1)CC(=O)CC(C)C. The molecule has 2 atom stereocenters. The molecule has 0 saturated carbocycles. The fourth-order valence-electron chi connectivity index (χ4n) is 2.74. The van der Waals surface area contributed by atoms with Crippen molar-refractivity contribution >= 4 is 23.4 Å². The van der Waals surface area contributed by atoms with Gasteiger partial charge < -0.3 is 0 Å². The Morgan fingerprint density at radius 2 is 1.71 bits per heavy atom. The minimum Gasteiger partial charge on any atom is -0.300 e. The van der Waals surface area contributed by atoms with Crippen LogP contribution >= 0.6 is 0 Å². The lowest BCUT2D eigenvalue weighted by Gasteiger charge is -2.20. The van der Waals surface area contributed by atoms with E-state index in [9.17, 15) is 14.4 Å². The number of benzene rings is 1. The lowest BCUT2D eigenvalue weighted by Crippen LogP contribution is -2.29. The Hall–Kier alpha value is -2.29. The Labute approximate surface area is 144 Å². The van der Waals surface area contributed by atoms with Crippen molar-refractivity contribution in [2.75, 3.05) is 0 Å². The smallest absolute Gasteiger partial charge is 0.166 e. The summed E-state index contributed by atoms with van der Waals surface area (Å²) in [6.45, 7) is 8.83. The minimum absolute atomic E-state index is 0.0656. The van der Waals surface area contributed by atoms with Crippen LogP contribution in [0.15, 0.2) is 49.1 Å². The van der Waals surface area contributed by atoms with Crippen LogP contribution in [0.2, 0.25) is 0 Å². The van der Waals surface area contributed by atoms with Gasteiger partial charge in [-0.25, -0.2) is 0 Å². The number of allylic oxidation sites excluding steroid dienone is 2. The van der Waals surface area contributed by atoms with Gasteiger partial charge in [-0.1, -0.05) is 62.9 Å². The van der Waals surface area contributed by atoms with Gasteiger partial charge in [0.1, 0.15) is 11.6 Å². The van der Waals surface area contributed by atoms with Crippen LogP contribution in [-0.4, -0.2) is 17.3 Å². The van der Waals surface area contributed by atoms with Crippen LogP contribution < -0.4 is 0 Å². The summed E-state index contributed by atoms with van der Waals surface area (Å²) < 4.78 is 0. The Kier molecular flexibility index (Phi) is 8.03. The molecule has 0 aliphatic heterocycles. The van der Waals surface area contributed by atoms with Crippen molar-refractivity contribution in [3.63, 3.8) is 0 Å². The molecule has 0 radical (unpaired) electrons. The highest BCUT2D eigenvalue weighted by Crippen LogP contribution is 2.24. The van der Waals surface area contributed by atoms with Gasteiger partial charge in [0.2, 0.25) is 0 Å². The number of ketones is 3. The maximum absolute atomic E-state index is 12.2. The summed E-state index contributed by atoms with van der Waals surface area (Å²) in [4.78, 5) is 36.3. The van der Waals surface area contributed by atoms with Crippen molar-refractivity contribution in [1.29, 1.82) is 0 Å². The molecule has 0 N–H and O–H groups in total. The van der Waals surface area contributed by atoms with E-state index < -0.39 is 11.8 Å². The number of carbonyl (C=O) groups is 3. The van der Waals surface area contributed by atoms with E-state index in [0.717, 1.165) is 5.56 Å². The molecule has 0 saturated heterocycles. The molecule has 3 nitrogen and oxygen atoms in total. The van der Waals surface area contributed by atoms with Crippen molar-refractivity contribution < 1.29 is 14.4 Å². The monoisotopic (exact) mass is 326 g/mol. The first-order chi connectivity index (χ1) is 11.3. The molecule has 0 fully saturated rings. The van der Waals surface area contributed by atoms with Gasteiger partial charge in [-0.15, -0.1) is 0 Å². The van der Waals surface area contributed by atoms with E-state index in [1.807, 2.05) is 50.3 Å². The van der Waals surface area contributed by atoms with E-state index in [1.54, 1.807) is 6.08 Å². The predicted octanol–water partition coefficient (Wildman–Crippen LogP) is 4.28. The number of hydrogen-bond donors (Lipinski definition) is 0. The topological polar surface area (TPSA) is 51.2 Å². The van der Waals surface area contributed by atoms with Crippen LogP contribution in [0.5, 0.6) is 0 Å². The van der Waals surface area contributed by atoms with Crippen LogP contribution in [0.1, 0.15) is 39.2 Å². The van der Waals surface area contributed by atoms with Crippen LogP contribution in [-0.2, 0) is 14.4 Å². The quantitative estimate of drug-likeness (QED) is 0.476. The zero-order chi connectivity index (χ0) is 18.1. The third-order valence-electron chi connectivity index (χ3n) is 3.81. The molecular formula is C21H26O3. The summed E-state index contributed by atoms with van der Waals surface area (Å²) >= 11 is 0. The molecular weight excluding hydrogens is 300 g/mol. The van der Waals surface area contributed by atoms with Crippen molar-refractivity contribution in [3.05, 3.63) is 54.6 Å². The van der Waals surface area contributed by atoms with E-state index in [-0.39, 0.29) is 29.7 Å². The highest BCUT2D eigenvalue weighted by atomic mass is 16.2. The first kappa shape index (κ1) is 19.8. The maximum atomic E-state index is 12.2. The van der Waals surface area contributed by atoms with Gasteiger partial charge in [0.25, 0.3) is 0 Å². The lowest BCUT2D eigenvalue weighted by atomic mass is 9.81. The largest absolute Gasteiger partial charge is 0.300 e. The first-order valence-electron chi connectivity index (χ1n) is 8.26. The van der Waals surface area contributed by atoms with Crippen LogP contribution in [0, 0.1) is 17.8 Å². The zero-order valence-electron chi connectivity index (χ0n) is 14.7. The van der Waals surface area contributed by atoms with Crippen molar-refractivity contribution in [1.82, 2.24) is 0 Å².